The van der Waals surface area contributed by atoms with Crippen molar-refractivity contribution in [3.63, 3.8) is 0 Å². The number of carbonyl (C=O) groups is 2. The average molecular weight is 290 g/mol. The molecule has 1 aromatic rings. The number of hydrazine groups is 1. The van der Waals surface area contributed by atoms with Gasteiger partial charge in [-0.15, -0.1) is 0 Å². The Labute approximate surface area is 123 Å². The fraction of sp³-hybridized carbons (Fsp3) is 0.467. The van der Waals surface area contributed by atoms with Crippen LogP contribution in [0.15, 0.2) is 18.2 Å². The first kappa shape index (κ1) is 13.9. The molecule has 2 saturated heterocycles. The SMILES string of the molecule is Cc1cccc(C)c1N(C(=O)C1OC1C)N1CCOC1=O. The zero-order chi connectivity index (χ0) is 15.1. The molecule has 0 N–H and O–H groups in total. The zero-order valence-corrected chi connectivity index (χ0v) is 12.3. The Kier molecular flexibility index (Phi) is 3.33. The number of amides is 2. The van der Waals surface area contributed by atoms with Gasteiger partial charge in [0.2, 0.25) is 0 Å². The van der Waals surface area contributed by atoms with Gasteiger partial charge in [-0.25, -0.2) is 14.8 Å². The molecule has 3 rings (SSSR count). The highest BCUT2D eigenvalue weighted by Gasteiger charge is 2.47. The molecule has 2 fully saturated rings. The van der Waals surface area contributed by atoms with Crippen molar-refractivity contribution in [2.24, 2.45) is 0 Å². The van der Waals surface area contributed by atoms with E-state index in [0.717, 1.165) is 16.8 Å². The van der Waals surface area contributed by atoms with Crippen molar-refractivity contribution in [1.29, 1.82) is 0 Å². The van der Waals surface area contributed by atoms with E-state index in [-0.39, 0.29) is 18.6 Å². The lowest BCUT2D eigenvalue weighted by atomic mass is 10.1. The molecule has 6 nitrogen and oxygen atoms in total. The summed E-state index contributed by atoms with van der Waals surface area (Å²) in [6.45, 7) is 6.32. The Morgan fingerprint density at radius 3 is 2.43 bits per heavy atom. The van der Waals surface area contributed by atoms with Crippen molar-refractivity contribution < 1.29 is 19.1 Å². The van der Waals surface area contributed by atoms with E-state index < -0.39 is 12.2 Å². The monoisotopic (exact) mass is 290 g/mol. The summed E-state index contributed by atoms with van der Waals surface area (Å²) in [5.41, 5.74) is 2.58. The van der Waals surface area contributed by atoms with Crippen molar-refractivity contribution >= 4 is 17.7 Å². The Balaban J connectivity index is 2.03. The van der Waals surface area contributed by atoms with Gasteiger partial charge in [-0.2, -0.15) is 0 Å². The number of hydrogen-bond donors (Lipinski definition) is 0. The maximum atomic E-state index is 12.7. The Morgan fingerprint density at radius 1 is 1.33 bits per heavy atom. The van der Waals surface area contributed by atoms with Gasteiger partial charge in [0.1, 0.15) is 6.61 Å². The molecule has 2 atom stereocenters. The largest absolute Gasteiger partial charge is 0.446 e. The minimum atomic E-state index is -0.501. The van der Waals surface area contributed by atoms with E-state index in [2.05, 4.69) is 0 Å². The highest BCUT2D eigenvalue weighted by molar-refractivity contribution is 6.01. The van der Waals surface area contributed by atoms with Crippen LogP contribution < -0.4 is 5.01 Å². The number of para-hydroxylation sites is 1. The van der Waals surface area contributed by atoms with Crippen molar-refractivity contribution in [3.05, 3.63) is 29.3 Å². The minimum absolute atomic E-state index is 0.108. The van der Waals surface area contributed by atoms with Gasteiger partial charge in [-0.3, -0.25) is 4.79 Å². The molecule has 112 valence electrons. The summed E-state index contributed by atoms with van der Waals surface area (Å²) in [7, 11) is 0. The topological polar surface area (TPSA) is 62.4 Å². The minimum Gasteiger partial charge on any atom is -0.446 e. The lowest BCUT2D eigenvalue weighted by Gasteiger charge is -2.31. The first-order chi connectivity index (χ1) is 10.0. The van der Waals surface area contributed by atoms with Crippen LogP contribution in [0.25, 0.3) is 0 Å². The lowest BCUT2D eigenvalue weighted by Crippen LogP contribution is -2.50. The summed E-state index contributed by atoms with van der Waals surface area (Å²) in [6, 6.07) is 5.76. The smallest absolute Gasteiger partial charge is 0.429 e. The molecule has 0 aliphatic carbocycles. The van der Waals surface area contributed by atoms with E-state index in [1.165, 1.54) is 10.0 Å². The van der Waals surface area contributed by atoms with Gasteiger partial charge >= 0.3 is 6.09 Å². The Hall–Kier alpha value is -2.08. The predicted molar refractivity (Wildman–Crippen MR) is 75.8 cm³/mol. The van der Waals surface area contributed by atoms with E-state index in [4.69, 9.17) is 9.47 Å². The molecule has 0 saturated carbocycles. The highest BCUT2D eigenvalue weighted by atomic mass is 16.6. The molecule has 0 aromatic heterocycles. The van der Waals surface area contributed by atoms with Crippen LogP contribution >= 0.6 is 0 Å². The molecular formula is C15H18N2O4. The van der Waals surface area contributed by atoms with E-state index in [1.807, 2.05) is 39.0 Å². The third-order valence-electron chi connectivity index (χ3n) is 3.80. The van der Waals surface area contributed by atoms with E-state index in [0.29, 0.717) is 6.54 Å². The van der Waals surface area contributed by atoms with Crippen LogP contribution in [-0.4, -0.2) is 42.4 Å². The zero-order valence-electron chi connectivity index (χ0n) is 12.3. The molecule has 0 bridgehead atoms. The summed E-state index contributed by atoms with van der Waals surface area (Å²) in [6.07, 6.45) is -1.10. The van der Waals surface area contributed by atoms with E-state index in [9.17, 15) is 9.59 Å². The standard InChI is InChI=1S/C15H18N2O4/c1-9-5-4-6-10(2)12(9)17(14(18)13-11(3)21-13)16-7-8-20-15(16)19/h4-6,11,13H,7-8H2,1-3H3. The van der Waals surface area contributed by atoms with Crippen LogP contribution in [-0.2, 0) is 14.3 Å². The molecular weight excluding hydrogens is 272 g/mol. The first-order valence-corrected chi connectivity index (χ1v) is 7.00. The van der Waals surface area contributed by atoms with Gasteiger partial charge in [-0.1, -0.05) is 18.2 Å². The lowest BCUT2D eigenvalue weighted by molar-refractivity contribution is -0.122. The molecule has 0 radical (unpaired) electrons. The second-order valence-electron chi connectivity index (χ2n) is 5.39. The first-order valence-electron chi connectivity index (χ1n) is 7.00. The molecule has 2 heterocycles. The number of ether oxygens (including phenoxy) is 2. The summed E-state index contributed by atoms with van der Waals surface area (Å²) in [5, 5.41) is 2.78. The Bertz CT molecular complexity index is 581. The number of hydrogen-bond acceptors (Lipinski definition) is 4. The fourth-order valence-electron chi connectivity index (χ4n) is 2.62. The number of anilines is 1. The normalized spacial score (nSPS) is 24.0. The van der Waals surface area contributed by atoms with Crippen molar-refractivity contribution in [2.75, 3.05) is 18.2 Å². The summed E-state index contributed by atoms with van der Waals surface area (Å²) in [5.74, 6) is -0.223. The van der Waals surface area contributed by atoms with Gasteiger partial charge in [0.05, 0.1) is 18.3 Å². The third-order valence-corrected chi connectivity index (χ3v) is 3.80. The quantitative estimate of drug-likeness (QED) is 0.796. The molecule has 2 aliphatic rings. The number of rotatable bonds is 3. The number of epoxide rings is 1. The van der Waals surface area contributed by atoms with Crippen LogP contribution in [0, 0.1) is 13.8 Å². The second-order valence-corrected chi connectivity index (χ2v) is 5.39. The molecule has 2 unspecified atom stereocenters. The van der Waals surface area contributed by atoms with Crippen LogP contribution in [0.3, 0.4) is 0 Å². The molecule has 0 spiro atoms. The average Bonchev–Trinajstić information content (AvgIpc) is 3.02. The summed E-state index contributed by atoms with van der Waals surface area (Å²) in [4.78, 5) is 24.6. The van der Waals surface area contributed by atoms with Crippen molar-refractivity contribution in [1.82, 2.24) is 5.01 Å². The number of nitrogens with zero attached hydrogens (tertiary/aromatic N) is 2. The molecule has 1 aromatic carbocycles. The molecule has 2 amide bonds. The Morgan fingerprint density at radius 2 is 1.95 bits per heavy atom. The van der Waals surface area contributed by atoms with Crippen molar-refractivity contribution in [2.45, 2.75) is 33.0 Å². The fourth-order valence-corrected chi connectivity index (χ4v) is 2.62. The van der Waals surface area contributed by atoms with Crippen LogP contribution in [0.1, 0.15) is 18.1 Å². The second kappa shape index (κ2) is 5.04. The van der Waals surface area contributed by atoms with Gasteiger partial charge in [0.25, 0.3) is 5.91 Å². The summed E-state index contributed by atoms with van der Waals surface area (Å²) < 4.78 is 10.3. The van der Waals surface area contributed by atoms with Gasteiger partial charge < -0.3 is 9.47 Å². The maximum absolute atomic E-state index is 12.7. The number of benzene rings is 1. The molecule has 2 aliphatic heterocycles. The van der Waals surface area contributed by atoms with Gasteiger partial charge in [-0.05, 0) is 31.9 Å². The van der Waals surface area contributed by atoms with Crippen LogP contribution in [0.4, 0.5) is 10.5 Å². The summed E-state index contributed by atoms with van der Waals surface area (Å²) >= 11 is 0. The van der Waals surface area contributed by atoms with Gasteiger partial charge in [0.15, 0.2) is 6.10 Å². The van der Waals surface area contributed by atoms with Crippen molar-refractivity contribution in [3.8, 4) is 0 Å². The van der Waals surface area contributed by atoms with Crippen LogP contribution in [0.5, 0.6) is 0 Å². The van der Waals surface area contributed by atoms with E-state index >= 15 is 0 Å². The van der Waals surface area contributed by atoms with Gasteiger partial charge in [0, 0.05) is 0 Å². The number of cyclic esters (lactones) is 1. The third kappa shape index (κ3) is 2.35. The van der Waals surface area contributed by atoms with E-state index in [1.54, 1.807) is 0 Å². The predicted octanol–water partition coefficient (Wildman–Crippen LogP) is 1.79. The van der Waals surface area contributed by atoms with Crippen LogP contribution in [0.2, 0.25) is 0 Å². The number of aryl methyl sites for hydroxylation is 2. The number of carbonyl (C=O) groups excluding carboxylic acids is 2. The highest BCUT2D eigenvalue weighted by Crippen LogP contribution is 2.32. The molecule has 21 heavy (non-hydrogen) atoms. The maximum Gasteiger partial charge on any atom is 0.429 e. The molecule has 6 heteroatoms.